The number of nitrogens with zero attached hydrogens (tertiary/aromatic N) is 2. The molecular formula is C20H19ClN4O. The van der Waals surface area contributed by atoms with Gasteiger partial charge in [-0.3, -0.25) is 9.89 Å². The van der Waals surface area contributed by atoms with E-state index in [1.165, 1.54) is 0 Å². The van der Waals surface area contributed by atoms with Gasteiger partial charge in [0, 0.05) is 23.6 Å². The lowest BCUT2D eigenvalue weighted by Gasteiger charge is -2.15. The lowest BCUT2D eigenvalue weighted by molar-refractivity contribution is -0.123. The Kier molecular flexibility index (Phi) is 4.47. The van der Waals surface area contributed by atoms with E-state index in [9.17, 15) is 4.79 Å². The van der Waals surface area contributed by atoms with Crippen LogP contribution >= 0.6 is 11.6 Å². The van der Waals surface area contributed by atoms with E-state index in [0.29, 0.717) is 23.8 Å². The Morgan fingerprint density at radius 2 is 1.85 bits per heavy atom. The number of carbonyl (C=O) groups excluding carboxylic acids is 1. The van der Waals surface area contributed by atoms with Gasteiger partial charge >= 0.3 is 0 Å². The molecule has 3 aromatic rings. The number of nitrogens with one attached hydrogen (secondary N) is 2. The molecule has 26 heavy (non-hydrogen) atoms. The van der Waals surface area contributed by atoms with Crippen LogP contribution in [0.1, 0.15) is 24.2 Å². The fraction of sp³-hybridized carbons (Fsp3) is 0.250. The zero-order valence-electron chi connectivity index (χ0n) is 14.2. The van der Waals surface area contributed by atoms with E-state index in [1.807, 2.05) is 54.6 Å². The van der Waals surface area contributed by atoms with Crippen molar-refractivity contribution in [2.75, 3.05) is 6.54 Å². The SMILES string of the molecule is O=C(NCCc1nc(-c2ccc(Cl)cc2)n[nH]1)C1(c2ccccc2)CC1. The standard InChI is InChI=1S/C20H19ClN4O/c21-16-8-6-14(7-9-16)18-23-17(24-25-18)10-13-22-19(26)20(11-12-20)15-4-2-1-3-5-15/h1-9H,10-13H2,(H,22,26)(H,23,24,25). The van der Waals surface area contributed by atoms with Crippen molar-refractivity contribution < 1.29 is 4.79 Å². The zero-order valence-corrected chi connectivity index (χ0v) is 15.0. The minimum atomic E-state index is -0.336. The number of hydrogen-bond donors (Lipinski definition) is 2. The maximum atomic E-state index is 12.6. The predicted octanol–water partition coefficient (Wildman–Crippen LogP) is 3.52. The zero-order chi connectivity index (χ0) is 18.0. The maximum absolute atomic E-state index is 12.6. The van der Waals surface area contributed by atoms with Gasteiger partial charge in [-0.1, -0.05) is 41.9 Å². The third kappa shape index (κ3) is 3.35. The first-order valence-electron chi connectivity index (χ1n) is 8.68. The number of hydrogen-bond acceptors (Lipinski definition) is 3. The molecule has 0 aliphatic heterocycles. The van der Waals surface area contributed by atoms with Gasteiger partial charge < -0.3 is 5.32 Å². The molecule has 1 amide bonds. The average molecular weight is 367 g/mol. The highest BCUT2D eigenvalue weighted by atomic mass is 35.5. The van der Waals surface area contributed by atoms with Gasteiger partial charge in [-0.05, 0) is 42.7 Å². The van der Waals surface area contributed by atoms with E-state index >= 15 is 0 Å². The van der Waals surface area contributed by atoms with Gasteiger partial charge in [-0.25, -0.2) is 4.98 Å². The summed E-state index contributed by atoms with van der Waals surface area (Å²) in [5.41, 5.74) is 1.67. The highest BCUT2D eigenvalue weighted by Gasteiger charge is 2.50. The van der Waals surface area contributed by atoms with E-state index < -0.39 is 0 Å². The van der Waals surface area contributed by atoms with Crippen LogP contribution in [0.5, 0.6) is 0 Å². The average Bonchev–Trinajstić information content (AvgIpc) is 3.36. The summed E-state index contributed by atoms with van der Waals surface area (Å²) in [7, 11) is 0. The maximum Gasteiger partial charge on any atom is 0.230 e. The molecule has 0 spiro atoms. The Balaban J connectivity index is 1.34. The lowest BCUT2D eigenvalue weighted by Crippen LogP contribution is -2.36. The number of rotatable bonds is 6. The topological polar surface area (TPSA) is 70.7 Å². The number of benzene rings is 2. The third-order valence-corrected chi connectivity index (χ3v) is 5.04. The van der Waals surface area contributed by atoms with E-state index in [2.05, 4.69) is 20.5 Å². The Labute approximate surface area is 156 Å². The minimum absolute atomic E-state index is 0.0983. The molecule has 1 fully saturated rings. The smallest absolute Gasteiger partial charge is 0.230 e. The minimum Gasteiger partial charge on any atom is -0.355 e. The van der Waals surface area contributed by atoms with Crippen molar-refractivity contribution >= 4 is 17.5 Å². The lowest BCUT2D eigenvalue weighted by atomic mass is 9.95. The van der Waals surface area contributed by atoms with Gasteiger partial charge in [-0.15, -0.1) is 0 Å². The van der Waals surface area contributed by atoms with E-state index in [0.717, 1.165) is 29.8 Å². The number of halogens is 1. The number of H-pyrrole nitrogens is 1. The number of aromatic nitrogens is 3. The van der Waals surface area contributed by atoms with Crippen LogP contribution in [0.2, 0.25) is 5.02 Å². The molecule has 1 aromatic heterocycles. The molecule has 0 saturated heterocycles. The van der Waals surface area contributed by atoms with Crippen LogP contribution < -0.4 is 5.32 Å². The van der Waals surface area contributed by atoms with Crippen LogP contribution in [0, 0.1) is 0 Å². The van der Waals surface area contributed by atoms with Crippen molar-refractivity contribution in [3.05, 3.63) is 71.0 Å². The molecule has 1 heterocycles. The van der Waals surface area contributed by atoms with Crippen LogP contribution in [-0.2, 0) is 16.6 Å². The summed E-state index contributed by atoms with van der Waals surface area (Å²) in [6, 6.07) is 17.4. The van der Waals surface area contributed by atoms with Gasteiger partial charge in [0.15, 0.2) is 5.82 Å². The molecule has 2 aromatic carbocycles. The summed E-state index contributed by atoms with van der Waals surface area (Å²) in [5.74, 6) is 1.48. The van der Waals surface area contributed by atoms with Gasteiger partial charge in [0.25, 0.3) is 0 Å². The predicted molar refractivity (Wildman–Crippen MR) is 101 cm³/mol. The van der Waals surface area contributed by atoms with Crippen molar-refractivity contribution in [1.82, 2.24) is 20.5 Å². The number of amides is 1. The second kappa shape index (κ2) is 6.92. The fourth-order valence-electron chi connectivity index (χ4n) is 3.13. The molecule has 0 unspecified atom stereocenters. The molecule has 0 radical (unpaired) electrons. The van der Waals surface area contributed by atoms with Gasteiger partial charge in [0.2, 0.25) is 5.91 Å². The molecule has 6 heteroatoms. The summed E-state index contributed by atoms with van der Waals surface area (Å²) in [6.45, 7) is 0.530. The Hall–Kier alpha value is -2.66. The molecule has 0 atom stereocenters. The summed E-state index contributed by atoms with van der Waals surface area (Å²) in [6.07, 6.45) is 2.43. The van der Waals surface area contributed by atoms with Crippen molar-refractivity contribution in [2.24, 2.45) is 0 Å². The van der Waals surface area contributed by atoms with Crippen LogP contribution in [0.25, 0.3) is 11.4 Å². The highest BCUT2D eigenvalue weighted by Crippen LogP contribution is 2.48. The molecule has 2 N–H and O–H groups in total. The third-order valence-electron chi connectivity index (χ3n) is 4.79. The number of carbonyl (C=O) groups is 1. The molecular weight excluding hydrogens is 348 g/mol. The van der Waals surface area contributed by atoms with Crippen LogP contribution in [-0.4, -0.2) is 27.6 Å². The summed E-state index contributed by atoms with van der Waals surface area (Å²) >= 11 is 5.90. The van der Waals surface area contributed by atoms with Gasteiger partial charge in [0.05, 0.1) is 5.41 Å². The quantitative estimate of drug-likeness (QED) is 0.701. The Bertz CT molecular complexity index is 901. The molecule has 0 bridgehead atoms. The second-order valence-corrected chi connectivity index (χ2v) is 7.00. The highest BCUT2D eigenvalue weighted by molar-refractivity contribution is 6.30. The second-order valence-electron chi connectivity index (χ2n) is 6.57. The molecule has 4 rings (SSSR count). The first-order valence-corrected chi connectivity index (χ1v) is 9.06. The van der Waals surface area contributed by atoms with Crippen molar-refractivity contribution in [3.8, 4) is 11.4 Å². The van der Waals surface area contributed by atoms with Crippen molar-refractivity contribution in [1.29, 1.82) is 0 Å². The molecule has 132 valence electrons. The van der Waals surface area contributed by atoms with Crippen molar-refractivity contribution in [3.63, 3.8) is 0 Å². The Morgan fingerprint density at radius 1 is 1.12 bits per heavy atom. The van der Waals surface area contributed by atoms with E-state index in [-0.39, 0.29) is 11.3 Å². The fourth-order valence-corrected chi connectivity index (χ4v) is 3.25. The van der Waals surface area contributed by atoms with Crippen LogP contribution in [0.3, 0.4) is 0 Å². The summed E-state index contributed by atoms with van der Waals surface area (Å²) < 4.78 is 0. The largest absolute Gasteiger partial charge is 0.355 e. The van der Waals surface area contributed by atoms with Crippen LogP contribution in [0.15, 0.2) is 54.6 Å². The van der Waals surface area contributed by atoms with Gasteiger partial charge in [-0.2, -0.15) is 5.10 Å². The van der Waals surface area contributed by atoms with Crippen molar-refractivity contribution in [2.45, 2.75) is 24.7 Å². The summed E-state index contributed by atoms with van der Waals surface area (Å²) in [4.78, 5) is 17.1. The first kappa shape index (κ1) is 16.8. The molecule has 1 aliphatic carbocycles. The molecule has 1 aliphatic rings. The Morgan fingerprint density at radius 3 is 2.54 bits per heavy atom. The summed E-state index contributed by atoms with van der Waals surface area (Å²) in [5, 5.41) is 10.9. The first-order chi connectivity index (χ1) is 12.7. The van der Waals surface area contributed by atoms with Gasteiger partial charge in [0.1, 0.15) is 5.82 Å². The normalized spacial score (nSPS) is 14.8. The molecule has 5 nitrogen and oxygen atoms in total. The van der Waals surface area contributed by atoms with E-state index in [1.54, 1.807) is 0 Å². The van der Waals surface area contributed by atoms with E-state index in [4.69, 9.17) is 11.6 Å². The number of aromatic amines is 1. The monoisotopic (exact) mass is 366 g/mol. The van der Waals surface area contributed by atoms with Crippen LogP contribution in [0.4, 0.5) is 0 Å². The molecule has 1 saturated carbocycles.